The first-order valence-corrected chi connectivity index (χ1v) is 6.68. The summed E-state index contributed by atoms with van der Waals surface area (Å²) in [7, 11) is 0. The van der Waals surface area contributed by atoms with Crippen LogP contribution in [-0.2, 0) is 14.2 Å². The zero-order chi connectivity index (χ0) is 15.0. The molecule has 8 nitrogen and oxygen atoms in total. The second kappa shape index (κ2) is 6.20. The van der Waals surface area contributed by atoms with Crippen LogP contribution < -0.4 is 0 Å². The summed E-state index contributed by atoms with van der Waals surface area (Å²) in [6.45, 7) is 3.09. The Bertz CT molecular complexity index is 315. The van der Waals surface area contributed by atoms with Gasteiger partial charge in [0.2, 0.25) is 0 Å². The summed E-state index contributed by atoms with van der Waals surface area (Å²) in [6.07, 6.45) is -9.47. The highest BCUT2D eigenvalue weighted by Gasteiger charge is 2.45. The van der Waals surface area contributed by atoms with Gasteiger partial charge in [0.15, 0.2) is 12.6 Å². The summed E-state index contributed by atoms with van der Waals surface area (Å²) in [5, 5.41) is 48.6. The van der Waals surface area contributed by atoms with E-state index in [0.717, 1.165) is 0 Å². The van der Waals surface area contributed by atoms with Crippen LogP contribution in [0.4, 0.5) is 0 Å². The van der Waals surface area contributed by atoms with E-state index in [9.17, 15) is 25.5 Å². The van der Waals surface area contributed by atoms with Gasteiger partial charge in [-0.3, -0.25) is 0 Å². The predicted molar refractivity (Wildman–Crippen MR) is 64.4 cm³/mol. The van der Waals surface area contributed by atoms with E-state index in [1.165, 1.54) is 6.92 Å². The van der Waals surface area contributed by atoms with E-state index in [0.29, 0.717) is 0 Å². The lowest BCUT2D eigenvalue weighted by Crippen LogP contribution is -2.59. The maximum absolute atomic E-state index is 9.91. The fourth-order valence-corrected chi connectivity index (χ4v) is 2.45. The molecule has 9 atom stereocenters. The van der Waals surface area contributed by atoms with Gasteiger partial charge in [0, 0.05) is 6.42 Å². The number of rotatable bonds is 2. The molecule has 0 amide bonds. The van der Waals surface area contributed by atoms with Crippen molar-refractivity contribution in [1.29, 1.82) is 0 Å². The van der Waals surface area contributed by atoms with E-state index in [2.05, 4.69) is 0 Å². The summed E-state index contributed by atoms with van der Waals surface area (Å²) >= 11 is 0. The zero-order valence-electron chi connectivity index (χ0n) is 11.4. The highest BCUT2D eigenvalue weighted by atomic mass is 16.7. The van der Waals surface area contributed by atoms with Crippen molar-refractivity contribution in [3.63, 3.8) is 0 Å². The van der Waals surface area contributed by atoms with Crippen molar-refractivity contribution < 1.29 is 39.7 Å². The first-order valence-electron chi connectivity index (χ1n) is 6.68. The van der Waals surface area contributed by atoms with Gasteiger partial charge in [-0.15, -0.1) is 0 Å². The molecule has 5 N–H and O–H groups in total. The second-order valence-corrected chi connectivity index (χ2v) is 5.38. The Labute approximate surface area is 116 Å². The molecule has 0 aliphatic carbocycles. The van der Waals surface area contributed by atoms with Crippen molar-refractivity contribution >= 4 is 0 Å². The lowest BCUT2D eigenvalue weighted by Gasteiger charge is -2.42. The molecule has 2 aliphatic rings. The van der Waals surface area contributed by atoms with E-state index in [1.807, 2.05) is 0 Å². The van der Waals surface area contributed by atoms with Crippen molar-refractivity contribution in [3.05, 3.63) is 0 Å². The molecule has 0 saturated carbocycles. The Morgan fingerprint density at radius 3 is 2.05 bits per heavy atom. The molecule has 2 rings (SSSR count). The van der Waals surface area contributed by atoms with Crippen LogP contribution in [0, 0.1) is 0 Å². The molecular formula is C12H22O8. The third-order valence-electron chi connectivity index (χ3n) is 3.79. The van der Waals surface area contributed by atoms with Crippen molar-refractivity contribution in [3.8, 4) is 0 Å². The minimum Gasteiger partial charge on any atom is -0.390 e. The largest absolute Gasteiger partial charge is 0.390 e. The number of hydrogen-bond acceptors (Lipinski definition) is 8. The minimum atomic E-state index is -1.41. The number of hydrogen-bond donors (Lipinski definition) is 5. The van der Waals surface area contributed by atoms with Crippen LogP contribution in [0.15, 0.2) is 0 Å². The fraction of sp³-hybridized carbons (Fsp3) is 1.00. The molecule has 2 fully saturated rings. The quantitative estimate of drug-likeness (QED) is 0.384. The fourth-order valence-electron chi connectivity index (χ4n) is 2.45. The van der Waals surface area contributed by atoms with Gasteiger partial charge in [-0.05, 0) is 13.8 Å². The predicted octanol–water partition coefficient (Wildman–Crippen LogP) is -2.31. The van der Waals surface area contributed by atoms with Crippen LogP contribution in [0.2, 0.25) is 0 Å². The average molecular weight is 294 g/mol. The van der Waals surface area contributed by atoms with Crippen LogP contribution in [0.3, 0.4) is 0 Å². The second-order valence-electron chi connectivity index (χ2n) is 5.38. The van der Waals surface area contributed by atoms with Gasteiger partial charge in [-0.2, -0.15) is 0 Å². The molecule has 2 heterocycles. The molecule has 118 valence electrons. The normalized spacial score (nSPS) is 53.9. The van der Waals surface area contributed by atoms with Crippen molar-refractivity contribution in [2.45, 2.75) is 75.6 Å². The summed E-state index contributed by atoms with van der Waals surface area (Å²) in [6, 6.07) is 0. The highest BCUT2D eigenvalue weighted by molar-refractivity contribution is 4.89. The Hall–Kier alpha value is -0.320. The molecule has 0 spiro atoms. The average Bonchev–Trinajstić information content (AvgIpc) is 2.38. The monoisotopic (exact) mass is 294 g/mol. The molecule has 2 saturated heterocycles. The molecule has 0 radical (unpaired) electrons. The van der Waals surface area contributed by atoms with Gasteiger partial charge >= 0.3 is 0 Å². The summed E-state index contributed by atoms with van der Waals surface area (Å²) < 4.78 is 15.8. The molecule has 2 aliphatic heterocycles. The molecule has 0 aromatic rings. The Balaban J connectivity index is 1.98. The number of aliphatic hydroxyl groups is 5. The third-order valence-corrected chi connectivity index (χ3v) is 3.79. The summed E-state index contributed by atoms with van der Waals surface area (Å²) in [5.41, 5.74) is 0. The highest BCUT2D eigenvalue weighted by Crippen LogP contribution is 2.27. The van der Waals surface area contributed by atoms with Gasteiger partial charge < -0.3 is 39.7 Å². The lowest BCUT2D eigenvalue weighted by atomic mass is 9.99. The van der Waals surface area contributed by atoms with Crippen molar-refractivity contribution in [1.82, 2.24) is 0 Å². The Kier molecular flexibility index (Phi) is 4.98. The molecule has 0 unspecified atom stereocenters. The molecule has 8 heteroatoms. The van der Waals surface area contributed by atoms with Crippen molar-refractivity contribution in [2.75, 3.05) is 0 Å². The minimum absolute atomic E-state index is 0.00685. The number of ether oxygens (including phenoxy) is 3. The van der Waals surface area contributed by atoms with Crippen LogP contribution in [0.5, 0.6) is 0 Å². The van der Waals surface area contributed by atoms with Gasteiger partial charge in [0.1, 0.15) is 24.4 Å². The zero-order valence-corrected chi connectivity index (χ0v) is 11.4. The van der Waals surface area contributed by atoms with E-state index < -0.39 is 55.3 Å². The van der Waals surface area contributed by atoms with Gasteiger partial charge in [-0.25, -0.2) is 0 Å². The van der Waals surface area contributed by atoms with Crippen molar-refractivity contribution in [2.24, 2.45) is 0 Å². The lowest BCUT2D eigenvalue weighted by molar-refractivity contribution is -0.336. The van der Waals surface area contributed by atoms with Crippen LogP contribution in [0.1, 0.15) is 20.3 Å². The van der Waals surface area contributed by atoms with E-state index in [1.54, 1.807) is 6.92 Å². The third kappa shape index (κ3) is 3.12. The van der Waals surface area contributed by atoms with Crippen LogP contribution >= 0.6 is 0 Å². The SMILES string of the molecule is C[C@@H]1O[C@@H](O)[C@H](O[C@H]2C[C@H](O)[C@@H](O)[C@H](C)O2)[C@H](O)[C@H]1O. The molecular weight excluding hydrogens is 272 g/mol. The Morgan fingerprint density at radius 1 is 0.850 bits per heavy atom. The smallest absolute Gasteiger partial charge is 0.184 e. The molecule has 0 aromatic heterocycles. The maximum Gasteiger partial charge on any atom is 0.184 e. The molecule has 20 heavy (non-hydrogen) atoms. The standard InChI is InChI=1S/C12H22O8/c1-4-8(14)6(13)3-7(18-4)20-11-10(16)9(15)5(2)19-12(11)17/h4-17H,3H2,1-2H3/t4-,5-,6-,7-,8-,9-,10+,11+,12+/m0/s1. The van der Waals surface area contributed by atoms with Gasteiger partial charge in [0.25, 0.3) is 0 Å². The van der Waals surface area contributed by atoms with Crippen LogP contribution in [-0.4, -0.2) is 80.8 Å². The molecule has 0 aromatic carbocycles. The number of aliphatic hydroxyl groups excluding tert-OH is 5. The topological polar surface area (TPSA) is 129 Å². The van der Waals surface area contributed by atoms with E-state index in [-0.39, 0.29) is 6.42 Å². The molecule has 0 bridgehead atoms. The van der Waals surface area contributed by atoms with E-state index in [4.69, 9.17) is 14.2 Å². The van der Waals surface area contributed by atoms with Gasteiger partial charge in [0.05, 0.1) is 18.3 Å². The van der Waals surface area contributed by atoms with E-state index >= 15 is 0 Å². The first kappa shape index (κ1) is 16.1. The van der Waals surface area contributed by atoms with Gasteiger partial charge in [-0.1, -0.05) is 0 Å². The summed E-state index contributed by atoms with van der Waals surface area (Å²) in [4.78, 5) is 0. The summed E-state index contributed by atoms with van der Waals surface area (Å²) in [5.74, 6) is 0. The maximum atomic E-state index is 9.91. The Morgan fingerprint density at radius 2 is 1.45 bits per heavy atom. The van der Waals surface area contributed by atoms with Crippen LogP contribution in [0.25, 0.3) is 0 Å². The first-order chi connectivity index (χ1) is 9.31.